The van der Waals surface area contributed by atoms with Crippen molar-refractivity contribution in [2.75, 3.05) is 7.11 Å². The molecule has 4 nitrogen and oxygen atoms in total. The lowest BCUT2D eigenvalue weighted by atomic mass is 10.1. The average molecular weight is 305 g/mol. The number of hydrogen-bond acceptors (Lipinski definition) is 5. The molecule has 2 aromatic rings. The van der Waals surface area contributed by atoms with E-state index in [0.717, 1.165) is 12.0 Å². The molecule has 0 bridgehead atoms. The quantitative estimate of drug-likeness (QED) is 0.496. The third kappa shape index (κ3) is 3.76. The van der Waals surface area contributed by atoms with Crippen molar-refractivity contribution in [3.05, 3.63) is 45.6 Å². The molecule has 112 valence electrons. The summed E-state index contributed by atoms with van der Waals surface area (Å²) in [4.78, 5) is 2.54. The van der Waals surface area contributed by atoms with Crippen molar-refractivity contribution in [1.29, 1.82) is 0 Å². The molecular formula is C16H19NO3S. The number of hydrogen-bond donors (Lipinski definition) is 1. The van der Waals surface area contributed by atoms with E-state index in [4.69, 9.17) is 14.7 Å². The zero-order valence-electron chi connectivity index (χ0n) is 12.4. The summed E-state index contributed by atoms with van der Waals surface area (Å²) >= 11 is 1.76. The molecule has 0 atom stereocenters. The molecule has 0 spiro atoms. The van der Waals surface area contributed by atoms with Crippen LogP contribution in [0.1, 0.15) is 29.2 Å². The molecule has 0 aliphatic heterocycles. The van der Waals surface area contributed by atoms with Crippen molar-refractivity contribution < 1.29 is 14.7 Å². The molecule has 1 N–H and O–H groups in total. The number of rotatable bonds is 6. The van der Waals surface area contributed by atoms with E-state index in [1.165, 1.54) is 9.75 Å². The molecule has 0 amide bonds. The molecule has 0 aliphatic carbocycles. The van der Waals surface area contributed by atoms with Gasteiger partial charge in [-0.2, -0.15) is 0 Å². The van der Waals surface area contributed by atoms with E-state index in [-0.39, 0.29) is 0 Å². The maximum Gasteiger partial charge on any atom is 0.161 e. The lowest BCUT2D eigenvalue weighted by Gasteiger charge is -2.11. The van der Waals surface area contributed by atoms with Crippen molar-refractivity contribution in [1.82, 2.24) is 0 Å². The molecule has 0 unspecified atom stereocenters. The van der Waals surface area contributed by atoms with Gasteiger partial charge in [-0.15, -0.1) is 11.3 Å². The van der Waals surface area contributed by atoms with Crippen LogP contribution in [0.2, 0.25) is 0 Å². The number of oxime groups is 1. The van der Waals surface area contributed by atoms with Crippen LogP contribution in [0.15, 0.2) is 35.5 Å². The molecule has 0 fully saturated rings. The van der Waals surface area contributed by atoms with Crippen LogP contribution in [0, 0.1) is 0 Å². The molecule has 21 heavy (non-hydrogen) atoms. The van der Waals surface area contributed by atoms with Crippen LogP contribution in [-0.4, -0.2) is 18.0 Å². The first kappa shape index (κ1) is 15.4. The van der Waals surface area contributed by atoms with Crippen LogP contribution < -0.4 is 9.47 Å². The van der Waals surface area contributed by atoms with Gasteiger partial charge in [-0.05, 0) is 43.7 Å². The van der Waals surface area contributed by atoms with Crippen LogP contribution in [0.5, 0.6) is 11.5 Å². The summed E-state index contributed by atoms with van der Waals surface area (Å²) in [6.45, 7) is 4.39. The van der Waals surface area contributed by atoms with Gasteiger partial charge in [0, 0.05) is 15.3 Å². The molecule has 0 saturated carbocycles. The summed E-state index contributed by atoms with van der Waals surface area (Å²) < 4.78 is 11.2. The molecule has 0 radical (unpaired) electrons. The fraction of sp³-hybridized carbons (Fsp3) is 0.312. The van der Waals surface area contributed by atoms with Gasteiger partial charge in [-0.25, -0.2) is 0 Å². The van der Waals surface area contributed by atoms with Gasteiger partial charge in [-0.3, -0.25) is 0 Å². The average Bonchev–Trinajstić information content (AvgIpc) is 3.00. The van der Waals surface area contributed by atoms with Crippen molar-refractivity contribution in [3.63, 3.8) is 0 Å². The Morgan fingerprint density at radius 2 is 1.95 bits per heavy atom. The predicted molar refractivity (Wildman–Crippen MR) is 85.0 cm³/mol. The highest BCUT2D eigenvalue weighted by Crippen LogP contribution is 2.30. The van der Waals surface area contributed by atoms with Gasteiger partial charge in [0.25, 0.3) is 0 Å². The number of ether oxygens (including phenoxy) is 2. The number of aryl methyl sites for hydroxylation is 1. The van der Waals surface area contributed by atoms with E-state index in [0.29, 0.717) is 23.8 Å². The third-order valence-corrected chi connectivity index (χ3v) is 4.37. The normalized spacial score (nSPS) is 11.5. The predicted octanol–water partition coefficient (Wildman–Crippen LogP) is 4.10. The second-order valence-corrected chi connectivity index (χ2v) is 5.81. The van der Waals surface area contributed by atoms with E-state index in [1.807, 2.05) is 12.1 Å². The Bertz CT molecular complexity index is 634. The van der Waals surface area contributed by atoms with Gasteiger partial charge >= 0.3 is 0 Å². The van der Waals surface area contributed by atoms with Crippen LogP contribution in [-0.2, 0) is 13.0 Å². The first-order chi connectivity index (χ1) is 10.2. The molecule has 1 aromatic carbocycles. The van der Waals surface area contributed by atoms with Gasteiger partial charge in [0.05, 0.1) is 12.8 Å². The summed E-state index contributed by atoms with van der Waals surface area (Å²) in [5, 5.41) is 12.0. The Kier molecular flexibility index (Phi) is 5.22. The smallest absolute Gasteiger partial charge is 0.161 e. The minimum Gasteiger partial charge on any atom is -0.493 e. The van der Waals surface area contributed by atoms with Crippen LogP contribution >= 0.6 is 11.3 Å². The summed E-state index contributed by atoms with van der Waals surface area (Å²) in [6, 6.07) is 9.70. The first-order valence-corrected chi connectivity index (χ1v) is 7.57. The highest BCUT2D eigenvalue weighted by atomic mass is 32.1. The van der Waals surface area contributed by atoms with E-state index in [1.54, 1.807) is 31.4 Å². The van der Waals surface area contributed by atoms with E-state index in [2.05, 4.69) is 24.2 Å². The molecule has 0 aliphatic rings. The number of nitrogens with zero attached hydrogens (tertiary/aromatic N) is 1. The Labute approximate surface area is 128 Å². The fourth-order valence-electron chi connectivity index (χ4n) is 1.91. The monoisotopic (exact) mass is 305 g/mol. The molecular weight excluding hydrogens is 286 g/mol. The van der Waals surface area contributed by atoms with Crippen LogP contribution in [0.3, 0.4) is 0 Å². The highest BCUT2D eigenvalue weighted by molar-refractivity contribution is 7.11. The minimum atomic E-state index is 0.521. The van der Waals surface area contributed by atoms with Gasteiger partial charge in [0.2, 0.25) is 0 Å². The maximum atomic E-state index is 8.82. The summed E-state index contributed by atoms with van der Waals surface area (Å²) in [5.41, 5.74) is 1.33. The second-order valence-electron chi connectivity index (χ2n) is 4.56. The van der Waals surface area contributed by atoms with Crippen LogP contribution in [0.4, 0.5) is 0 Å². The highest BCUT2D eigenvalue weighted by Gasteiger charge is 2.09. The van der Waals surface area contributed by atoms with Crippen molar-refractivity contribution in [2.24, 2.45) is 5.16 Å². The zero-order valence-corrected chi connectivity index (χ0v) is 13.2. The Morgan fingerprint density at radius 3 is 2.57 bits per heavy atom. The zero-order chi connectivity index (χ0) is 15.2. The third-order valence-electron chi connectivity index (χ3n) is 3.17. The van der Waals surface area contributed by atoms with Crippen molar-refractivity contribution in [2.45, 2.75) is 26.9 Å². The number of methoxy groups -OCH3 is 1. The lowest BCUT2D eigenvalue weighted by Crippen LogP contribution is -1.99. The minimum absolute atomic E-state index is 0.521. The lowest BCUT2D eigenvalue weighted by molar-refractivity contribution is 0.287. The van der Waals surface area contributed by atoms with Gasteiger partial charge in [0.15, 0.2) is 11.5 Å². The van der Waals surface area contributed by atoms with Gasteiger partial charge in [0.1, 0.15) is 6.61 Å². The van der Waals surface area contributed by atoms with E-state index < -0.39 is 0 Å². The molecule has 5 heteroatoms. The Morgan fingerprint density at radius 1 is 1.19 bits per heavy atom. The second kappa shape index (κ2) is 7.13. The van der Waals surface area contributed by atoms with E-state index >= 15 is 0 Å². The molecule has 1 aromatic heterocycles. The number of benzene rings is 1. The first-order valence-electron chi connectivity index (χ1n) is 6.75. The number of thiophene rings is 1. The summed E-state index contributed by atoms with van der Waals surface area (Å²) in [6.07, 6.45) is 1.04. The Balaban J connectivity index is 2.12. The largest absolute Gasteiger partial charge is 0.493 e. The Hall–Kier alpha value is -2.01. The fourth-order valence-corrected chi connectivity index (χ4v) is 2.78. The summed E-state index contributed by atoms with van der Waals surface area (Å²) in [5.74, 6) is 1.31. The maximum absolute atomic E-state index is 8.82. The summed E-state index contributed by atoms with van der Waals surface area (Å²) in [7, 11) is 1.59. The van der Waals surface area contributed by atoms with Crippen LogP contribution in [0.25, 0.3) is 0 Å². The van der Waals surface area contributed by atoms with Gasteiger partial charge < -0.3 is 14.7 Å². The van der Waals surface area contributed by atoms with Gasteiger partial charge in [-0.1, -0.05) is 12.1 Å². The van der Waals surface area contributed by atoms with Crippen molar-refractivity contribution >= 4 is 17.0 Å². The molecule has 0 saturated heterocycles. The topological polar surface area (TPSA) is 51.0 Å². The van der Waals surface area contributed by atoms with E-state index in [9.17, 15) is 0 Å². The molecule has 2 rings (SSSR count). The SMILES string of the molecule is CCc1ccc(COc2ccc(/C(C)=N/O)cc2OC)s1. The van der Waals surface area contributed by atoms with Crippen molar-refractivity contribution in [3.8, 4) is 11.5 Å². The molecule has 1 heterocycles. The standard InChI is InChI=1S/C16H19NO3S/c1-4-13-6-7-14(21-13)10-20-15-8-5-12(11(2)17-18)9-16(15)19-3/h5-9,18H,4,10H2,1-3H3/b17-11+.